The van der Waals surface area contributed by atoms with E-state index in [0.29, 0.717) is 19.6 Å². The molecule has 1 aromatic heterocycles. The Bertz CT molecular complexity index is 767. The SMILES string of the molecule is CC(C)CN(CC(=O)N(Cc1ccc(F)cc1)Cc1cccs1)C(=O)C(Cl)Cl. The summed E-state index contributed by atoms with van der Waals surface area (Å²) >= 11 is 13.0. The molecule has 2 aromatic rings. The van der Waals surface area contributed by atoms with Gasteiger partial charge in [-0.2, -0.15) is 0 Å². The predicted molar refractivity (Wildman–Crippen MR) is 112 cm³/mol. The van der Waals surface area contributed by atoms with Crippen LogP contribution in [-0.2, 0) is 22.7 Å². The topological polar surface area (TPSA) is 40.6 Å². The van der Waals surface area contributed by atoms with Crippen LogP contribution in [0.5, 0.6) is 0 Å². The fourth-order valence-electron chi connectivity index (χ4n) is 2.71. The van der Waals surface area contributed by atoms with Gasteiger partial charge in [-0.25, -0.2) is 4.39 Å². The van der Waals surface area contributed by atoms with E-state index in [1.807, 2.05) is 31.4 Å². The van der Waals surface area contributed by atoms with Crippen LogP contribution in [-0.4, -0.2) is 39.5 Å². The smallest absolute Gasteiger partial charge is 0.256 e. The molecule has 152 valence electrons. The van der Waals surface area contributed by atoms with Crippen LogP contribution in [0.3, 0.4) is 0 Å². The number of benzene rings is 1. The van der Waals surface area contributed by atoms with Crippen LogP contribution in [0.1, 0.15) is 24.3 Å². The molecule has 1 heterocycles. The van der Waals surface area contributed by atoms with Crippen molar-refractivity contribution in [3.8, 4) is 0 Å². The summed E-state index contributed by atoms with van der Waals surface area (Å²) in [5.74, 6) is -0.875. The van der Waals surface area contributed by atoms with Crippen molar-refractivity contribution in [2.45, 2.75) is 31.8 Å². The Labute approximate surface area is 178 Å². The second kappa shape index (κ2) is 10.8. The quantitative estimate of drug-likeness (QED) is 0.525. The number of amides is 2. The van der Waals surface area contributed by atoms with Crippen molar-refractivity contribution in [2.24, 2.45) is 5.92 Å². The molecule has 2 amide bonds. The standard InChI is InChI=1S/C20H23Cl2FN2O2S/c1-14(2)10-25(20(27)19(21)22)13-18(26)24(12-17-4-3-9-28-17)11-15-5-7-16(23)8-6-15/h3-9,14,19H,10-13H2,1-2H3. The molecular weight excluding hydrogens is 422 g/mol. The van der Waals surface area contributed by atoms with Crippen molar-refractivity contribution in [2.75, 3.05) is 13.1 Å². The van der Waals surface area contributed by atoms with E-state index in [2.05, 4.69) is 0 Å². The van der Waals surface area contributed by atoms with Gasteiger partial charge in [0.25, 0.3) is 5.91 Å². The number of hydrogen-bond donors (Lipinski definition) is 0. The molecule has 0 unspecified atom stereocenters. The highest BCUT2D eigenvalue weighted by Gasteiger charge is 2.26. The number of alkyl halides is 2. The summed E-state index contributed by atoms with van der Waals surface area (Å²) in [6.45, 7) is 4.88. The van der Waals surface area contributed by atoms with Gasteiger partial charge < -0.3 is 9.80 Å². The van der Waals surface area contributed by atoms with Gasteiger partial charge in [-0.1, -0.05) is 55.2 Å². The first kappa shape index (κ1) is 22.7. The maximum Gasteiger partial charge on any atom is 0.256 e. The minimum atomic E-state index is -1.21. The zero-order chi connectivity index (χ0) is 20.7. The van der Waals surface area contributed by atoms with E-state index in [1.165, 1.54) is 17.0 Å². The minimum absolute atomic E-state index is 0.112. The van der Waals surface area contributed by atoms with Gasteiger partial charge in [-0.3, -0.25) is 9.59 Å². The van der Waals surface area contributed by atoms with Crippen LogP contribution < -0.4 is 0 Å². The molecule has 0 radical (unpaired) electrons. The van der Waals surface area contributed by atoms with Gasteiger partial charge >= 0.3 is 0 Å². The van der Waals surface area contributed by atoms with E-state index in [9.17, 15) is 14.0 Å². The normalized spacial score (nSPS) is 11.1. The fourth-order valence-corrected chi connectivity index (χ4v) is 3.70. The monoisotopic (exact) mass is 444 g/mol. The van der Waals surface area contributed by atoms with E-state index in [1.54, 1.807) is 28.4 Å². The van der Waals surface area contributed by atoms with Gasteiger partial charge in [0, 0.05) is 18.0 Å². The Balaban J connectivity index is 2.18. The maximum absolute atomic E-state index is 13.2. The molecule has 0 N–H and O–H groups in total. The lowest BCUT2D eigenvalue weighted by molar-refractivity contribution is -0.140. The second-order valence-electron chi connectivity index (χ2n) is 6.87. The lowest BCUT2D eigenvalue weighted by Crippen LogP contribution is -2.45. The Hall–Kier alpha value is -1.63. The van der Waals surface area contributed by atoms with Gasteiger partial charge in [0.2, 0.25) is 5.91 Å². The van der Waals surface area contributed by atoms with Crippen molar-refractivity contribution in [1.29, 1.82) is 0 Å². The van der Waals surface area contributed by atoms with Crippen LogP contribution in [0.4, 0.5) is 4.39 Å². The van der Waals surface area contributed by atoms with E-state index in [4.69, 9.17) is 23.2 Å². The van der Waals surface area contributed by atoms with Crippen LogP contribution in [0, 0.1) is 11.7 Å². The van der Waals surface area contributed by atoms with Gasteiger partial charge in [0.05, 0.1) is 13.1 Å². The highest BCUT2D eigenvalue weighted by molar-refractivity contribution is 7.09. The largest absolute Gasteiger partial charge is 0.332 e. The average Bonchev–Trinajstić information content (AvgIpc) is 3.14. The highest BCUT2D eigenvalue weighted by Crippen LogP contribution is 2.17. The van der Waals surface area contributed by atoms with Crippen LogP contribution in [0.2, 0.25) is 0 Å². The van der Waals surface area contributed by atoms with Crippen LogP contribution in [0.25, 0.3) is 0 Å². The third kappa shape index (κ3) is 7.08. The first-order valence-electron chi connectivity index (χ1n) is 8.87. The lowest BCUT2D eigenvalue weighted by atomic mass is 10.2. The predicted octanol–water partition coefficient (Wildman–Crippen LogP) is 4.70. The number of rotatable bonds is 9. The molecule has 0 saturated heterocycles. The molecule has 0 aliphatic rings. The minimum Gasteiger partial charge on any atom is -0.332 e. The summed E-state index contributed by atoms with van der Waals surface area (Å²) in [5.41, 5.74) is 0.806. The number of nitrogens with zero attached hydrogens (tertiary/aromatic N) is 2. The summed E-state index contributed by atoms with van der Waals surface area (Å²) in [6, 6.07) is 9.89. The molecule has 8 heteroatoms. The maximum atomic E-state index is 13.2. The first-order valence-corrected chi connectivity index (χ1v) is 10.6. The lowest BCUT2D eigenvalue weighted by Gasteiger charge is -2.29. The average molecular weight is 445 g/mol. The molecule has 2 rings (SSSR count). The number of thiophene rings is 1. The highest BCUT2D eigenvalue weighted by atomic mass is 35.5. The Kier molecular flexibility index (Phi) is 8.73. The Morgan fingerprint density at radius 3 is 2.29 bits per heavy atom. The molecule has 0 aliphatic heterocycles. The van der Waals surface area contributed by atoms with Crippen LogP contribution in [0.15, 0.2) is 41.8 Å². The molecule has 0 fully saturated rings. The van der Waals surface area contributed by atoms with Gasteiger partial charge in [-0.05, 0) is 35.1 Å². The van der Waals surface area contributed by atoms with Gasteiger partial charge in [0.15, 0.2) is 4.84 Å². The summed E-state index contributed by atoms with van der Waals surface area (Å²) < 4.78 is 13.2. The van der Waals surface area contributed by atoms with Crippen LogP contribution >= 0.6 is 34.5 Å². The summed E-state index contributed by atoms with van der Waals surface area (Å²) in [4.78, 5) is 28.2. The molecule has 0 aliphatic carbocycles. The third-order valence-corrected chi connectivity index (χ3v) is 5.21. The zero-order valence-corrected chi connectivity index (χ0v) is 18.1. The summed E-state index contributed by atoms with van der Waals surface area (Å²) in [7, 11) is 0. The molecule has 0 bridgehead atoms. The van der Waals surface area contributed by atoms with E-state index >= 15 is 0 Å². The van der Waals surface area contributed by atoms with E-state index in [0.717, 1.165) is 10.4 Å². The van der Waals surface area contributed by atoms with E-state index in [-0.39, 0.29) is 24.2 Å². The van der Waals surface area contributed by atoms with Gasteiger partial charge in [0.1, 0.15) is 5.82 Å². The number of carbonyl (C=O) groups is 2. The molecule has 0 atom stereocenters. The van der Waals surface area contributed by atoms with Crippen molar-refractivity contribution >= 4 is 46.4 Å². The molecule has 1 aromatic carbocycles. The first-order chi connectivity index (χ1) is 13.3. The van der Waals surface area contributed by atoms with Crippen molar-refractivity contribution in [3.63, 3.8) is 0 Å². The van der Waals surface area contributed by atoms with Crippen molar-refractivity contribution in [1.82, 2.24) is 9.80 Å². The van der Waals surface area contributed by atoms with E-state index < -0.39 is 10.7 Å². The molecule has 0 spiro atoms. The fraction of sp³-hybridized carbons (Fsp3) is 0.400. The molecular formula is C20H23Cl2FN2O2S. The Morgan fingerprint density at radius 2 is 1.75 bits per heavy atom. The second-order valence-corrected chi connectivity index (χ2v) is 9.00. The number of hydrogen-bond acceptors (Lipinski definition) is 3. The summed E-state index contributed by atoms with van der Waals surface area (Å²) in [5, 5.41) is 1.94. The van der Waals surface area contributed by atoms with Crippen molar-refractivity contribution < 1.29 is 14.0 Å². The molecule has 4 nitrogen and oxygen atoms in total. The molecule has 28 heavy (non-hydrogen) atoms. The van der Waals surface area contributed by atoms with Crippen molar-refractivity contribution in [3.05, 3.63) is 58.0 Å². The Morgan fingerprint density at radius 1 is 1.07 bits per heavy atom. The third-order valence-electron chi connectivity index (χ3n) is 3.98. The zero-order valence-electron chi connectivity index (χ0n) is 15.8. The number of carbonyl (C=O) groups excluding carboxylic acids is 2. The number of halogens is 3. The van der Waals surface area contributed by atoms with Gasteiger partial charge in [-0.15, -0.1) is 11.3 Å². The summed E-state index contributed by atoms with van der Waals surface area (Å²) in [6.07, 6.45) is 0. The molecule has 0 saturated carbocycles.